The molecule has 1 rings (SSSR count). The highest BCUT2D eigenvalue weighted by atomic mass is 19.4. The van der Waals surface area contributed by atoms with E-state index in [0.717, 1.165) is 0 Å². The van der Waals surface area contributed by atoms with Crippen molar-refractivity contribution in [3.8, 4) is 0 Å². The molecule has 2 atom stereocenters. The highest BCUT2D eigenvalue weighted by Gasteiger charge is 2.46. The summed E-state index contributed by atoms with van der Waals surface area (Å²) in [5.41, 5.74) is 4.98. The van der Waals surface area contributed by atoms with Gasteiger partial charge in [-0.05, 0) is 12.1 Å². The molecule has 0 aliphatic rings. The van der Waals surface area contributed by atoms with Gasteiger partial charge in [0.1, 0.15) is 17.9 Å². The van der Waals surface area contributed by atoms with Gasteiger partial charge in [-0.15, -0.1) is 0 Å². The summed E-state index contributed by atoms with van der Waals surface area (Å²) in [5, 5.41) is 10.5. The Hall–Kier alpha value is -1.83. The fourth-order valence-electron chi connectivity index (χ4n) is 1.13. The van der Waals surface area contributed by atoms with Gasteiger partial charge in [0.2, 0.25) is 0 Å². The first-order valence-electron chi connectivity index (χ1n) is 4.55. The number of rotatable bonds is 4. The molecule has 5 nitrogen and oxygen atoms in total. The minimum Gasteiger partial charge on any atom is -0.480 e. The van der Waals surface area contributed by atoms with Crippen molar-refractivity contribution in [3.05, 3.63) is 24.4 Å². The molecule has 1 heterocycles. The number of carbonyl (C=O) groups is 1. The highest BCUT2D eigenvalue weighted by Crippen LogP contribution is 2.24. The first-order valence-corrected chi connectivity index (χ1v) is 4.55. The maximum atomic E-state index is 12.6. The molecule has 0 spiro atoms. The van der Waals surface area contributed by atoms with Gasteiger partial charge in [-0.2, -0.15) is 13.2 Å². The van der Waals surface area contributed by atoms with Gasteiger partial charge in [0.15, 0.2) is 0 Å². The quantitative estimate of drug-likeness (QED) is 0.735. The molecule has 0 aromatic carbocycles. The first kappa shape index (κ1) is 13.2. The normalized spacial score (nSPS) is 15.1. The van der Waals surface area contributed by atoms with Crippen LogP contribution in [-0.4, -0.2) is 34.3 Å². The number of halogens is 3. The Morgan fingerprint density at radius 2 is 2.12 bits per heavy atom. The average molecular weight is 249 g/mol. The Morgan fingerprint density at radius 1 is 1.47 bits per heavy atom. The largest absolute Gasteiger partial charge is 0.480 e. The molecule has 0 aliphatic heterocycles. The smallest absolute Gasteiger partial charge is 0.410 e. The third kappa shape index (κ3) is 3.59. The molecule has 94 valence electrons. The van der Waals surface area contributed by atoms with Gasteiger partial charge in [-0.25, -0.2) is 4.98 Å². The van der Waals surface area contributed by atoms with Crippen molar-refractivity contribution in [3.63, 3.8) is 0 Å². The summed E-state index contributed by atoms with van der Waals surface area (Å²) in [4.78, 5) is 14.1. The number of aliphatic carboxylic acids is 1. The molecule has 0 unspecified atom stereocenters. The molecule has 0 saturated heterocycles. The van der Waals surface area contributed by atoms with Crippen LogP contribution in [0, 0.1) is 0 Å². The van der Waals surface area contributed by atoms with Gasteiger partial charge in [0.25, 0.3) is 0 Å². The van der Waals surface area contributed by atoms with Crippen LogP contribution >= 0.6 is 0 Å². The van der Waals surface area contributed by atoms with Crippen LogP contribution in [-0.2, 0) is 4.79 Å². The van der Waals surface area contributed by atoms with E-state index in [2.05, 4.69) is 4.98 Å². The first-order chi connectivity index (χ1) is 7.82. The maximum absolute atomic E-state index is 12.6. The van der Waals surface area contributed by atoms with E-state index in [1.54, 1.807) is 0 Å². The van der Waals surface area contributed by atoms with Crippen LogP contribution in [0.1, 0.15) is 0 Å². The maximum Gasteiger partial charge on any atom is 0.410 e. The fraction of sp³-hybridized carbons (Fsp3) is 0.333. The SMILES string of the molecule is N[C@@H](C(=O)O)[C@H](Nc1ccccn1)C(F)(F)F. The number of carboxylic acids is 1. The lowest BCUT2D eigenvalue weighted by atomic mass is 10.1. The lowest BCUT2D eigenvalue weighted by Gasteiger charge is -2.24. The lowest BCUT2D eigenvalue weighted by molar-refractivity contribution is -0.161. The average Bonchev–Trinajstić information content (AvgIpc) is 2.24. The minimum atomic E-state index is -4.78. The van der Waals surface area contributed by atoms with Gasteiger partial charge in [0, 0.05) is 6.20 Å². The number of aromatic nitrogens is 1. The molecular weight excluding hydrogens is 239 g/mol. The summed E-state index contributed by atoms with van der Waals surface area (Å²) in [6.07, 6.45) is -3.50. The molecular formula is C9H10F3N3O2. The van der Waals surface area contributed by atoms with E-state index in [0.29, 0.717) is 0 Å². The molecule has 0 saturated carbocycles. The van der Waals surface area contributed by atoms with Crippen LogP contribution in [0.3, 0.4) is 0 Å². The van der Waals surface area contributed by atoms with Crippen molar-refractivity contribution in [2.24, 2.45) is 5.73 Å². The second-order valence-electron chi connectivity index (χ2n) is 3.24. The molecule has 17 heavy (non-hydrogen) atoms. The molecule has 4 N–H and O–H groups in total. The third-order valence-corrected chi connectivity index (χ3v) is 1.97. The Morgan fingerprint density at radius 3 is 2.53 bits per heavy atom. The van der Waals surface area contributed by atoms with Crippen LogP contribution in [0.5, 0.6) is 0 Å². The number of pyridine rings is 1. The Labute approximate surface area is 94.5 Å². The van der Waals surface area contributed by atoms with Crippen molar-refractivity contribution in [2.45, 2.75) is 18.3 Å². The molecule has 1 aromatic rings. The van der Waals surface area contributed by atoms with E-state index in [1.165, 1.54) is 24.4 Å². The van der Waals surface area contributed by atoms with Crippen molar-refractivity contribution < 1.29 is 23.1 Å². The molecule has 0 bridgehead atoms. The van der Waals surface area contributed by atoms with Crippen LogP contribution in [0.15, 0.2) is 24.4 Å². The highest BCUT2D eigenvalue weighted by molar-refractivity contribution is 5.75. The topological polar surface area (TPSA) is 88.2 Å². The molecule has 8 heteroatoms. The summed E-state index contributed by atoms with van der Waals surface area (Å²) < 4.78 is 37.7. The zero-order chi connectivity index (χ0) is 13.1. The van der Waals surface area contributed by atoms with Gasteiger partial charge >= 0.3 is 12.1 Å². The van der Waals surface area contributed by atoms with Crippen LogP contribution < -0.4 is 11.1 Å². The van der Waals surface area contributed by atoms with E-state index in [-0.39, 0.29) is 5.82 Å². The predicted molar refractivity (Wildman–Crippen MR) is 53.3 cm³/mol. The number of nitrogens with two attached hydrogens (primary N) is 1. The van der Waals surface area contributed by atoms with Crippen LogP contribution in [0.25, 0.3) is 0 Å². The van der Waals surface area contributed by atoms with Gasteiger partial charge < -0.3 is 16.2 Å². The molecule has 0 aliphatic carbocycles. The zero-order valence-corrected chi connectivity index (χ0v) is 8.48. The number of nitrogens with zero attached hydrogens (tertiary/aromatic N) is 1. The number of alkyl halides is 3. The third-order valence-electron chi connectivity index (χ3n) is 1.97. The summed E-state index contributed by atoms with van der Waals surface area (Å²) in [5.74, 6) is -1.83. The monoisotopic (exact) mass is 249 g/mol. The van der Waals surface area contributed by atoms with Crippen molar-refractivity contribution >= 4 is 11.8 Å². The predicted octanol–water partition coefficient (Wildman–Crippen LogP) is 0.836. The van der Waals surface area contributed by atoms with Crippen molar-refractivity contribution in [1.82, 2.24) is 4.98 Å². The minimum absolute atomic E-state index is 0.0912. The van der Waals surface area contributed by atoms with E-state index >= 15 is 0 Å². The van der Waals surface area contributed by atoms with Crippen molar-refractivity contribution in [1.29, 1.82) is 0 Å². The van der Waals surface area contributed by atoms with Gasteiger partial charge in [-0.1, -0.05) is 6.07 Å². The standard InChI is InChI=1S/C9H10F3N3O2/c10-9(11,12)7(6(13)8(16)17)15-5-3-1-2-4-14-5/h1-4,6-7H,13H2,(H,14,15)(H,16,17)/t6-,7+/m1/s1. The number of anilines is 1. The lowest BCUT2D eigenvalue weighted by Crippen LogP contribution is -2.54. The van der Waals surface area contributed by atoms with Gasteiger partial charge in [0.05, 0.1) is 0 Å². The van der Waals surface area contributed by atoms with E-state index in [4.69, 9.17) is 10.8 Å². The molecule has 0 amide bonds. The second-order valence-corrected chi connectivity index (χ2v) is 3.24. The van der Waals surface area contributed by atoms with Gasteiger partial charge in [-0.3, -0.25) is 4.79 Å². The summed E-state index contributed by atoms with van der Waals surface area (Å²) in [6.45, 7) is 0. The molecule has 0 radical (unpaired) electrons. The summed E-state index contributed by atoms with van der Waals surface area (Å²) in [7, 11) is 0. The number of hydrogen-bond donors (Lipinski definition) is 3. The van der Waals surface area contributed by atoms with E-state index in [1.807, 2.05) is 5.32 Å². The summed E-state index contributed by atoms with van der Waals surface area (Å²) in [6, 6.07) is -0.223. The van der Waals surface area contributed by atoms with E-state index < -0.39 is 24.2 Å². The molecule has 1 aromatic heterocycles. The number of hydrogen-bond acceptors (Lipinski definition) is 4. The van der Waals surface area contributed by atoms with Crippen LogP contribution in [0.2, 0.25) is 0 Å². The number of nitrogens with one attached hydrogen (secondary N) is 1. The Bertz CT molecular complexity index is 383. The number of carboxylic acid groups (broad SMARTS) is 1. The van der Waals surface area contributed by atoms with Crippen molar-refractivity contribution in [2.75, 3.05) is 5.32 Å². The zero-order valence-electron chi connectivity index (χ0n) is 8.48. The summed E-state index contributed by atoms with van der Waals surface area (Å²) >= 11 is 0. The Balaban J connectivity index is 2.89. The second kappa shape index (κ2) is 5.00. The Kier molecular flexibility index (Phi) is 3.89. The van der Waals surface area contributed by atoms with Crippen LogP contribution in [0.4, 0.5) is 19.0 Å². The van der Waals surface area contributed by atoms with E-state index in [9.17, 15) is 18.0 Å². The molecule has 0 fully saturated rings. The fourth-order valence-corrected chi connectivity index (χ4v) is 1.13.